The number of rotatable bonds is 1. The molecular formula is C9H12OU. The van der Waals surface area contributed by atoms with Crippen molar-refractivity contribution in [3.8, 4) is 5.75 Å². The smallest absolute Gasteiger partial charge is 0.554 e. The largest absolute Gasteiger partial charge is 2.00 e. The van der Waals surface area contributed by atoms with E-state index in [0.29, 0.717) is 0 Å². The van der Waals surface area contributed by atoms with Crippen LogP contribution in [-0.2, 0) is 0 Å². The SMILES string of the molecule is COc1c[c-]cc(C)c1.[CH3-].[U+2]. The Kier molecular flexibility index (Phi) is 8.39. The van der Waals surface area contributed by atoms with Gasteiger partial charge >= 0.3 is 31.1 Å². The van der Waals surface area contributed by atoms with Crippen molar-refractivity contribution in [3.63, 3.8) is 0 Å². The van der Waals surface area contributed by atoms with Crippen LogP contribution in [0.4, 0.5) is 0 Å². The quantitative estimate of drug-likeness (QED) is 0.686. The van der Waals surface area contributed by atoms with E-state index >= 15 is 0 Å². The Balaban J connectivity index is 0. The van der Waals surface area contributed by atoms with Crippen LogP contribution in [0.3, 0.4) is 0 Å². The van der Waals surface area contributed by atoms with Gasteiger partial charge in [0.25, 0.3) is 0 Å². The minimum absolute atomic E-state index is 0. The van der Waals surface area contributed by atoms with Gasteiger partial charge in [-0.1, -0.05) is 6.92 Å². The van der Waals surface area contributed by atoms with Crippen molar-refractivity contribution in [1.82, 2.24) is 0 Å². The summed E-state index contributed by atoms with van der Waals surface area (Å²) in [4.78, 5) is 0. The normalized spacial score (nSPS) is 7.45. The first-order chi connectivity index (χ1) is 4.33. The summed E-state index contributed by atoms with van der Waals surface area (Å²) >= 11 is 0. The molecule has 1 rings (SSSR count). The van der Waals surface area contributed by atoms with Gasteiger partial charge in [-0.05, 0) is 0 Å². The number of methoxy groups -OCH3 is 1. The zero-order valence-electron chi connectivity index (χ0n) is 7.14. The van der Waals surface area contributed by atoms with E-state index in [9.17, 15) is 0 Å². The third-order valence-electron chi connectivity index (χ3n) is 1.14. The second-order valence-corrected chi connectivity index (χ2v) is 1.95. The van der Waals surface area contributed by atoms with Gasteiger partial charge in [0.05, 0.1) is 7.11 Å². The standard InChI is InChI=1S/C8H9O.CH3.U/c1-7-4-3-5-8(6-7)9-2;;/h4-6H,1-2H3;1H3;/q2*-1;+2. The Morgan fingerprint density at radius 2 is 2.00 bits per heavy atom. The van der Waals surface area contributed by atoms with Gasteiger partial charge in [-0.25, -0.2) is 0 Å². The van der Waals surface area contributed by atoms with Crippen molar-refractivity contribution in [3.05, 3.63) is 37.3 Å². The van der Waals surface area contributed by atoms with E-state index in [1.54, 1.807) is 7.11 Å². The van der Waals surface area contributed by atoms with Crippen LogP contribution in [0.15, 0.2) is 18.2 Å². The van der Waals surface area contributed by atoms with Gasteiger partial charge in [-0.3, -0.25) is 0 Å². The summed E-state index contributed by atoms with van der Waals surface area (Å²) in [6.45, 7) is 2.01. The minimum Gasteiger partial charge on any atom is -0.554 e. The van der Waals surface area contributed by atoms with Crippen LogP contribution in [0.1, 0.15) is 5.56 Å². The molecule has 0 radical (unpaired) electrons. The van der Waals surface area contributed by atoms with E-state index in [4.69, 9.17) is 4.74 Å². The van der Waals surface area contributed by atoms with Gasteiger partial charge in [-0.15, -0.1) is 12.1 Å². The number of hydrogen-bond donors (Lipinski definition) is 0. The summed E-state index contributed by atoms with van der Waals surface area (Å²) in [5.41, 5.74) is 1.18. The Morgan fingerprint density at radius 3 is 2.36 bits per heavy atom. The first kappa shape index (κ1) is 13.6. The molecule has 0 atom stereocenters. The molecule has 58 valence electrons. The Bertz CT molecular complexity index is 199. The van der Waals surface area contributed by atoms with Gasteiger partial charge in [0.2, 0.25) is 0 Å². The fraction of sp³-hybridized carbons (Fsp3) is 0.222. The molecule has 0 amide bonds. The third kappa shape index (κ3) is 4.50. The van der Waals surface area contributed by atoms with Gasteiger partial charge in [0.1, 0.15) is 0 Å². The Morgan fingerprint density at radius 1 is 1.36 bits per heavy atom. The Hall–Kier alpha value is 0.0719. The van der Waals surface area contributed by atoms with E-state index in [1.165, 1.54) is 5.56 Å². The molecule has 0 bridgehead atoms. The molecule has 0 fully saturated rings. The molecule has 1 aromatic carbocycles. The average molecular weight is 374 g/mol. The van der Waals surface area contributed by atoms with Crippen LogP contribution in [0, 0.1) is 51.5 Å². The number of hydrogen-bond acceptors (Lipinski definition) is 1. The number of ether oxygens (including phenoxy) is 1. The van der Waals surface area contributed by atoms with Crippen LogP contribution < -0.4 is 4.74 Å². The second kappa shape index (κ2) is 6.76. The molecule has 0 aliphatic heterocycles. The zero-order chi connectivity index (χ0) is 6.69. The minimum atomic E-state index is 0. The topological polar surface area (TPSA) is 9.23 Å². The van der Waals surface area contributed by atoms with Crippen molar-refractivity contribution >= 4 is 0 Å². The fourth-order valence-electron chi connectivity index (χ4n) is 0.681. The average Bonchev–Trinajstić information content (AvgIpc) is 1.88. The maximum Gasteiger partial charge on any atom is 2.00 e. The third-order valence-corrected chi connectivity index (χ3v) is 1.14. The molecule has 2 heteroatoms. The van der Waals surface area contributed by atoms with Crippen LogP contribution in [0.5, 0.6) is 5.75 Å². The van der Waals surface area contributed by atoms with Crippen LogP contribution in [0.25, 0.3) is 0 Å². The summed E-state index contributed by atoms with van der Waals surface area (Å²) in [5.74, 6) is 0.870. The molecule has 0 aliphatic carbocycles. The molecule has 1 nitrogen and oxygen atoms in total. The van der Waals surface area contributed by atoms with Crippen molar-refractivity contribution in [2.45, 2.75) is 6.92 Å². The zero-order valence-corrected chi connectivity index (χ0v) is 11.3. The first-order valence-corrected chi connectivity index (χ1v) is 2.84. The molecule has 11 heavy (non-hydrogen) atoms. The second-order valence-electron chi connectivity index (χ2n) is 1.95. The predicted molar refractivity (Wildman–Crippen MR) is 43.0 cm³/mol. The summed E-state index contributed by atoms with van der Waals surface area (Å²) in [5, 5.41) is 0. The molecule has 0 N–H and O–H groups in total. The summed E-state index contributed by atoms with van der Waals surface area (Å²) < 4.78 is 4.96. The maximum absolute atomic E-state index is 4.96. The van der Waals surface area contributed by atoms with Crippen LogP contribution in [0.2, 0.25) is 0 Å². The summed E-state index contributed by atoms with van der Waals surface area (Å²) in [6, 6.07) is 8.66. The van der Waals surface area contributed by atoms with E-state index in [1.807, 2.05) is 25.1 Å². The molecule has 0 heterocycles. The van der Waals surface area contributed by atoms with Gasteiger partial charge < -0.3 is 12.2 Å². The summed E-state index contributed by atoms with van der Waals surface area (Å²) in [7, 11) is 1.66. The molecule has 1 aromatic rings. The number of aryl methyl sites for hydroxylation is 1. The van der Waals surface area contributed by atoms with Crippen molar-refractivity contribution in [2.75, 3.05) is 7.11 Å². The van der Waals surface area contributed by atoms with Gasteiger partial charge in [-0.2, -0.15) is 17.7 Å². The van der Waals surface area contributed by atoms with E-state index in [2.05, 4.69) is 6.07 Å². The molecule has 0 spiro atoms. The predicted octanol–water partition coefficient (Wildman–Crippen LogP) is 2.25. The monoisotopic (exact) mass is 374 g/mol. The molecule has 0 saturated carbocycles. The molecule has 0 aliphatic rings. The maximum atomic E-state index is 4.96. The van der Waals surface area contributed by atoms with E-state index in [0.717, 1.165) is 5.75 Å². The van der Waals surface area contributed by atoms with Crippen molar-refractivity contribution in [2.24, 2.45) is 0 Å². The molecular weight excluding hydrogens is 362 g/mol. The van der Waals surface area contributed by atoms with E-state index in [-0.39, 0.29) is 38.5 Å². The van der Waals surface area contributed by atoms with Crippen LogP contribution >= 0.6 is 0 Å². The van der Waals surface area contributed by atoms with Gasteiger partial charge in [0, 0.05) is 5.75 Å². The van der Waals surface area contributed by atoms with Gasteiger partial charge in [0.15, 0.2) is 0 Å². The molecule has 0 aromatic heterocycles. The molecule has 0 unspecified atom stereocenters. The first-order valence-electron chi connectivity index (χ1n) is 2.84. The van der Waals surface area contributed by atoms with Crippen molar-refractivity contribution < 1.29 is 35.9 Å². The Labute approximate surface area is 92.5 Å². The molecule has 0 saturated heterocycles. The number of benzene rings is 1. The fourth-order valence-corrected chi connectivity index (χ4v) is 0.681. The van der Waals surface area contributed by atoms with Crippen LogP contribution in [-0.4, -0.2) is 7.11 Å². The van der Waals surface area contributed by atoms with Crippen molar-refractivity contribution in [1.29, 1.82) is 0 Å². The summed E-state index contributed by atoms with van der Waals surface area (Å²) in [6.07, 6.45) is 0. The van der Waals surface area contributed by atoms with E-state index < -0.39 is 0 Å².